The van der Waals surface area contributed by atoms with Gasteiger partial charge in [0.1, 0.15) is 5.82 Å². The van der Waals surface area contributed by atoms with Gasteiger partial charge in [-0.1, -0.05) is 13.0 Å². The van der Waals surface area contributed by atoms with Crippen LogP contribution in [0.25, 0.3) is 0 Å². The summed E-state index contributed by atoms with van der Waals surface area (Å²) in [6.45, 7) is 6.72. The topological polar surface area (TPSA) is 34.0 Å². The van der Waals surface area contributed by atoms with Crippen molar-refractivity contribution in [3.05, 3.63) is 48.3 Å². The molecule has 0 amide bonds. The Labute approximate surface area is 126 Å². The molecule has 0 N–H and O–H groups in total. The molecule has 2 aromatic heterocycles. The Hall–Kier alpha value is -1.68. The van der Waals surface area contributed by atoms with Crippen molar-refractivity contribution in [1.82, 2.24) is 19.4 Å². The highest BCUT2D eigenvalue weighted by Crippen LogP contribution is 2.21. The number of rotatable bonds is 5. The van der Waals surface area contributed by atoms with Crippen molar-refractivity contribution in [2.75, 3.05) is 13.1 Å². The van der Waals surface area contributed by atoms with Gasteiger partial charge in [-0.2, -0.15) is 0 Å². The fourth-order valence-electron chi connectivity index (χ4n) is 3.18. The van der Waals surface area contributed by atoms with E-state index in [2.05, 4.69) is 38.6 Å². The molecular formula is C17H24N4. The fraction of sp³-hybridized carbons (Fsp3) is 0.529. The van der Waals surface area contributed by atoms with Crippen molar-refractivity contribution in [1.29, 1.82) is 0 Å². The van der Waals surface area contributed by atoms with E-state index in [1.165, 1.54) is 37.3 Å². The van der Waals surface area contributed by atoms with Crippen LogP contribution in [0, 0.1) is 5.92 Å². The normalized spacial score (nSPS) is 17.2. The van der Waals surface area contributed by atoms with Crippen LogP contribution >= 0.6 is 0 Å². The zero-order valence-electron chi connectivity index (χ0n) is 12.8. The Balaban J connectivity index is 1.49. The summed E-state index contributed by atoms with van der Waals surface area (Å²) in [6.07, 6.45) is 11.4. The van der Waals surface area contributed by atoms with Gasteiger partial charge in [0, 0.05) is 44.3 Å². The van der Waals surface area contributed by atoms with E-state index in [4.69, 9.17) is 0 Å². The molecule has 2 aromatic rings. The first-order valence-electron chi connectivity index (χ1n) is 7.96. The van der Waals surface area contributed by atoms with E-state index < -0.39 is 0 Å². The summed E-state index contributed by atoms with van der Waals surface area (Å²) in [5.41, 5.74) is 1.32. The highest BCUT2D eigenvalue weighted by atomic mass is 15.1. The second kappa shape index (κ2) is 6.85. The lowest BCUT2D eigenvalue weighted by molar-refractivity contribution is 0.166. The van der Waals surface area contributed by atoms with E-state index in [9.17, 15) is 0 Å². The largest absolute Gasteiger partial charge is 0.335 e. The molecule has 0 radical (unpaired) electrons. The molecule has 0 aromatic carbocycles. The van der Waals surface area contributed by atoms with Crippen molar-refractivity contribution in [3.63, 3.8) is 0 Å². The molecule has 0 spiro atoms. The monoisotopic (exact) mass is 284 g/mol. The zero-order valence-corrected chi connectivity index (χ0v) is 12.8. The smallest absolute Gasteiger partial charge is 0.108 e. The van der Waals surface area contributed by atoms with Gasteiger partial charge in [-0.25, -0.2) is 4.98 Å². The molecule has 0 saturated carbocycles. The van der Waals surface area contributed by atoms with Crippen LogP contribution in [0.2, 0.25) is 0 Å². The van der Waals surface area contributed by atoms with Crippen LogP contribution in [0.15, 0.2) is 36.9 Å². The minimum atomic E-state index is 0.787. The number of aromatic nitrogens is 3. The van der Waals surface area contributed by atoms with Gasteiger partial charge in [-0.3, -0.25) is 9.88 Å². The van der Waals surface area contributed by atoms with Crippen LogP contribution in [-0.4, -0.2) is 32.5 Å². The lowest BCUT2D eigenvalue weighted by Crippen LogP contribution is -2.34. The van der Waals surface area contributed by atoms with Crippen LogP contribution in [0.1, 0.15) is 31.2 Å². The van der Waals surface area contributed by atoms with Gasteiger partial charge in [-0.15, -0.1) is 0 Å². The molecule has 0 bridgehead atoms. The van der Waals surface area contributed by atoms with E-state index in [0.29, 0.717) is 0 Å². The summed E-state index contributed by atoms with van der Waals surface area (Å²) < 4.78 is 2.33. The third-order valence-corrected chi connectivity index (χ3v) is 4.41. The molecule has 0 unspecified atom stereocenters. The first-order chi connectivity index (χ1) is 10.3. The lowest BCUT2D eigenvalue weighted by atomic mass is 9.96. The molecule has 4 heteroatoms. The van der Waals surface area contributed by atoms with Crippen LogP contribution < -0.4 is 0 Å². The second-order valence-electron chi connectivity index (χ2n) is 5.93. The second-order valence-corrected chi connectivity index (χ2v) is 5.93. The maximum atomic E-state index is 4.42. The molecule has 4 nitrogen and oxygen atoms in total. The average molecular weight is 284 g/mol. The summed E-state index contributed by atoms with van der Waals surface area (Å²) >= 11 is 0. The van der Waals surface area contributed by atoms with Crippen molar-refractivity contribution < 1.29 is 0 Å². The van der Waals surface area contributed by atoms with Gasteiger partial charge >= 0.3 is 0 Å². The average Bonchev–Trinajstić information content (AvgIpc) is 2.97. The van der Waals surface area contributed by atoms with Gasteiger partial charge in [0.25, 0.3) is 0 Å². The number of aryl methyl sites for hydroxylation is 1. The van der Waals surface area contributed by atoms with Gasteiger partial charge in [-0.05, 0) is 43.5 Å². The van der Waals surface area contributed by atoms with Crippen LogP contribution in [0.3, 0.4) is 0 Å². The van der Waals surface area contributed by atoms with Crippen molar-refractivity contribution >= 4 is 0 Å². The number of hydrogen-bond donors (Lipinski definition) is 0. The summed E-state index contributed by atoms with van der Waals surface area (Å²) in [5, 5.41) is 0. The van der Waals surface area contributed by atoms with Gasteiger partial charge in [0.15, 0.2) is 0 Å². The lowest BCUT2D eigenvalue weighted by Gasteiger charge is -2.32. The SMILES string of the molecule is CCc1nccn1CC1CCN(Cc2cccnc2)CC1. The van der Waals surface area contributed by atoms with Crippen LogP contribution in [0.5, 0.6) is 0 Å². The van der Waals surface area contributed by atoms with Crippen molar-refractivity contribution in [2.24, 2.45) is 5.92 Å². The molecular weight excluding hydrogens is 260 g/mol. The Morgan fingerprint density at radius 2 is 2.10 bits per heavy atom. The molecule has 1 aliphatic heterocycles. The Bertz CT molecular complexity index is 541. The van der Waals surface area contributed by atoms with E-state index in [0.717, 1.165) is 25.4 Å². The Morgan fingerprint density at radius 3 is 2.81 bits per heavy atom. The minimum Gasteiger partial charge on any atom is -0.335 e. The third kappa shape index (κ3) is 3.70. The highest BCUT2D eigenvalue weighted by molar-refractivity contribution is 5.08. The maximum Gasteiger partial charge on any atom is 0.108 e. The summed E-state index contributed by atoms with van der Waals surface area (Å²) in [7, 11) is 0. The predicted octanol–water partition coefficient (Wildman–Crippen LogP) is 2.75. The minimum absolute atomic E-state index is 0.787. The Morgan fingerprint density at radius 1 is 1.24 bits per heavy atom. The molecule has 0 atom stereocenters. The molecule has 21 heavy (non-hydrogen) atoms. The zero-order chi connectivity index (χ0) is 14.5. The first-order valence-corrected chi connectivity index (χ1v) is 7.96. The molecule has 3 rings (SSSR count). The number of pyridine rings is 1. The standard InChI is InChI=1S/C17H24N4/c1-2-17-19-8-11-21(17)14-15-5-9-20(10-6-15)13-16-4-3-7-18-12-16/h3-4,7-8,11-12,15H,2,5-6,9-10,13-14H2,1H3. The van der Waals surface area contributed by atoms with E-state index >= 15 is 0 Å². The highest BCUT2D eigenvalue weighted by Gasteiger charge is 2.20. The molecule has 0 aliphatic carbocycles. The van der Waals surface area contributed by atoms with Gasteiger partial charge in [0.05, 0.1) is 0 Å². The van der Waals surface area contributed by atoms with Gasteiger partial charge in [0.2, 0.25) is 0 Å². The number of imidazole rings is 1. The predicted molar refractivity (Wildman–Crippen MR) is 83.8 cm³/mol. The number of hydrogen-bond acceptors (Lipinski definition) is 3. The number of piperidine rings is 1. The van der Waals surface area contributed by atoms with E-state index in [1.807, 2.05) is 24.7 Å². The van der Waals surface area contributed by atoms with Crippen LogP contribution in [-0.2, 0) is 19.5 Å². The summed E-state index contributed by atoms with van der Waals surface area (Å²) in [6, 6.07) is 4.19. The van der Waals surface area contributed by atoms with Gasteiger partial charge < -0.3 is 4.57 Å². The first kappa shape index (κ1) is 14.3. The number of nitrogens with zero attached hydrogens (tertiary/aromatic N) is 4. The summed E-state index contributed by atoms with van der Waals surface area (Å²) in [5.74, 6) is 2.00. The van der Waals surface area contributed by atoms with Crippen molar-refractivity contribution in [3.8, 4) is 0 Å². The number of likely N-dealkylation sites (tertiary alicyclic amines) is 1. The quantitative estimate of drug-likeness (QED) is 0.846. The maximum absolute atomic E-state index is 4.42. The van der Waals surface area contributed by atoms with Crippen LogP contribution in [0.4, 0.5) is 0 Å². The summed E-state index contributed by atoms with van der Waals surface area (Å²) in [4.78, 5) is 11.2. The molecule has 3 heterocycles. The molecule has 1 aliphatic rings. The third-order valence-electron chi connectivity index (χ3n) is 4.41. The van der Waals surface area contributed by atoms with Crippen molar-refractivity contribution in [2.45, 2.75) is 39.3 Å². The van der Waals surface area contributed by atoms with E-state index in [1.54, 1.807) is 0 Å². The fourth-order valence-corrected chi connectivity index (χ4v) is 3.18. The molecule has 112 valence electrons. The molecule has 1 fully saturated rings. The van der Waals surface area contributed by atoms with E-state index in [-0.39, 0.29) is 0 Å². The molecule has 1 saturated heterocycles. The Kier molecular flexibility index (Phi) is 4.65.